The zero-order valence-electron chi connectivity index (χ0n) is 15.0. The van der Waals surface area contributed by atoms with Crippen LogP contribution in [-0.4, -0.2) is 22.5 Å². The van der Waals surface area contributed by atoms with E-state index in [1.54, 1.807) is 4.90 Å². The second-order valence-corrected chi connectivity index (χ2v) is 6.61. The van der Waals surface area contributed by atoms with E-state index in [4.69, 9.17) is 0 Å². The van der Waals surface area contributed by atoms with E-state index in [0.29, 0.717) is 5.56 Å². The van der Waals surface area contributed by atoms with Crippen LogP contribution >= 0.6 is 0 Å². The molecule has 3 aromatic carbocycles. The molecule has 0 aromatic heterocycles. The summed E-state index contributed by atoms with van der Waals surface area (Å²) in [7, 11) is 0. The van der Waals surface area contributed by atoms with Gasteiger partial charge in [0.15, 0.2) is 0 Å². The SMILES string of the molecule is O=C1c2ccccc2C(=CCc2ccccc2)N1C(CO)c1ccccc1. The maximum Gasteiger partial charge on any atom is 0.259 e. The number of nitrogens with zero attached hydrogens (tertiary/aromatic N) is 1. The third-order valence-corrected chi connectivity index (χ3v) is 4.95. The molecule has 1 N–H and O–H groups in total. The second-order valence-electron chi connectivity index (χ2n) is 6.61. The first kappa shape index (κ1) is 17.3. The largest absolute Gasteiger partial charge is 0.394 e. The van der Waals surface area contributed by atoms with Crippen LogP contribution in [-0.2, 0) is 6.42 Å². The summed E-state index contributed by atoms with van der Waals surface area (Å²) in [5, 5.41) is 10.1. The third-order valence-electron chi connectivity index (χ3n) is 4.95. The van der Waals surface area contributed by atoms with Crippen LogP contribution in [0.5, 0.6) is 0 Å². The van der Waals surface area contributed by atoms with Crippen LogP contribution in [0.25, 0.3) is 5.70 Å². The summed E-state index contributed by atoms with van der Waals surface area (Å²) in [5.41, 5.74) is 4.58. The molecule has 3 nitrogen and oxygen atoms in total. The Balaban J connectivity index is 1.77. The first-order valence-corrected chi connectivity index (χ1v) is 9.12. The van der Waals surface area contributed by atoms with Gasteiger partial charge in [-0.1, -0.05) is 84.9 Å². The monoisotopic (exact) mass is 355 g/mol. The van der Waals surface area contributed by atoms with E-state index in [9.17, 15) is 9.90 Å². The Kier molecular flexibility index (Phi) is 4.86. The lowest BCUT2D eigenvalue weighted by Crippen LogP contribution is -2.31. The van der Waals surface area contributed by atoms with Crippen molar-refractivity contribution in [1.82, 2.24) is 4.90 Å². The Morgan fingerprint density at radius 2 is 1.41 bits per heavy atom. The molecule has 3 aromatic rings. The van der Waals surface area contributed by atoms with Gasteiger partial charge in [-0.15, -0.1) is 0 Å². The molecule has 134 valence electrons. The molecule has 1 amide bonds. The minimum Gasteiger partial charge on any atom is -0.394 e. The summed E-state index contributed by atoms with van der Waals surface area (Å²) < 4.78 is 0. The molecule has 0 fully saturated rings. The number of fused-ring (bicyclic) bond motifs is 1. The number of aliphatic hydroxyl groups excluding tert-OH is 1. The predicted molar refractivity (Wildman–Crippen MR) is 107 cm³/mol. The lowest BCUT2D eigenvalue weighted by Gasteiger charge is -2.28. The highest BCUT2D eigenvalue weighted by atomic mass is 16.3. The number of allylic oxidation sites excluding steroid dienone is 1. The van der Waals surface area contributed by atoms with Crippen molar-refractivity contribution in [3.05, 3.63) is 113 Å². The summed E-state index contributed by atoms with van der Waals surface area (Å²) in [6.07, 6.45) is 2.81. The molecule has 0 saturated carbocycles. The second kappa shape index (κ2) is 7.60. The average Bonchev–Trinajstić information content (AvgIpc) is 3.01. The zero-order chi connectivity index (χ0) is 18.6. The van der Waals surface area contributed by atoms with Crippen LogP contribution in [0.15, 0.2) is 91.0 Å². The van der Waals surface area contributed by atoms with E-state index in [1.807, 2.05) is 72.8 Å². The van der Waals surface area contributed by atoms with E-state index in [-0.39, 0.29) is 12.5 Å². The van der Waals surface area contributed by atoms with Gasteiger partial charge in [-0.25, -0.2) is 0 Å². The van der Waals surface area contributed by atoms with Crippen molar-refractivity contribution in [3.63, 3.8) is 0 Å². The quantitative estimate of drug-likeness (QED) is 0.734. The van der Waals surface area contributed by atoms with Gasteiger partial charge in [-0.2, -0.15) is 0 Å². The average molecular weight is 355 g/mol. The topological polar surface area (TPSA) is 40.5 Å². The Morgan fingerprint density at radius 1 is 0.815 bits per heavy atom. The van der Waals surface area contributed by atoms with Gasteiger partial charge in [-0.05, 0) is 23.6 Å². The van der Waals surface area contributed by atoms with Gasteiger partial charge >= 0.3 is 0 Å². The van der Waals surface area contributed by atoms with Gasteiger partial charge in [0.25, 0.3) is 5.91 Å². The lowest BCUT2D eigenvalue weighted by molar-refractivity contribution is 0.0747. The number of hydrogen-bond acceptors (Lipinski definition) is 2. The van der Waals surface area contributed by atoms with Crippen LogP contribution in [0.1, 0.15) is 33.1 Å². The Labute approximate surface area is 159 Å². The van der Waals surface area contributed by atoms with Crippen molar-refractivity contribution in [1.29, 1.82) is 0 Å². The normalized spacial score (nSPS) is 15.8. The van der Waals surface area contributed by atoms with Gasteiger partial charge in [0.2, 0.25) is 0 Å². The fourth-order valence-electron chi connectivity index (χ4n) is 3.62. The predicted octanol–water partition coefficient (Wildman–Crippen LogP) is 4.46. The summed E-state index contributed by atoms with van der Waals surface area (Å²) in [4.78, 5) is 14.9. The number of carbonyl (C=O) groups excluding carboxylic acids is 1. The third kappa shape index (κ3) is 3.29. The summed E-state index contributed by atoms with van der Waals surface area (Å²) in [6.45, 7) is -0.133. The van der Waals surface area contributed by atoms with Crippen molar-refractivity contribution in [2.45, 2.75) is 12.5 Å². The molecule has 1 atom stereocenters. The molecule has 3 heteroatoms. The Bertz CT molecular complexity index is 964. The van der Waals surface area contributed by atoms with Crippen molar-refractivity contribution in [3.8, 4) is 0 Å². The molecule has 0 saturated heterocycles. The fourth-order valence-corrected chi connectivity index (χ4v) is 3.62. The summed E-state index contributed by atoms with van der Waals surface area (Å²) in [5.74, 6) is -0.0622. The molecular weight excluding hydrogens is 334 g/mol. The minimum atomic E-state index is -0.409. The van der Waals surface area contributed by atoms with E-state index < -0.39 is 6.04 Å². The fraction of sp³-hybridized carbons (Fsp3) is 0.125. The van der Waals surface area contributed by atoms with Crippen molar-refractivity contribution in [2.24, 2.45) is 0 Å². The molecule has 1 aliphatic rings. The minimum absolute atomic E-state index is 0.0622. The van der Waals surface area contributed by atoms with Crippen LogP contribution in [0, 0.1) is 0 Å². The molecule has 1 heterocycles. The van der Waals surface area contributed by atoms with Gasteiger partial charge in [-0.3, -0.25) is 9.69 Å². The number of carbonyl (C=O) groups is 1. The highest BCUT2D eigenvalue weighted by Crippen LogP contribution is 2.39. The van der Waals surface area contributed by atoms with Gasteiger partial charge in [0, 0.05) is 16.8 Å². The van der Waals surface area contributed by atoms with Crippen molar-refractivity contribution < 1.29 is 9.90 Å². The maximum atomic E-state index is 13.2. The first-order valence-electron chi connectivity index (χ1n) is 9.12. The highest BCUT2D eigenvalue weighted by Gasteiger charge is 2.36. The molecule has 27 heavy (non-hydrogen) atoms. The van der Waals surface area contributed by atoms with E-state index in [1.165, 1.54) is 5.56 Å². The van der Waals surface area contributed by atoms with Crippen molar-refractivity contribution >= 4 is 11.6 Å². The molecule has 1 aliphatic heterocycles. The molecule has 0 radical (unpaired) electrons. The molecule has 0 aliphatic carbocycles. The van der Waals surface area contributed by atoms with Crippen LogP contribution < -0.4 is 0 Å². The Hall–Kier alpha value is -3.17. The molecule has 0 spiro atoms. The zero-order valence-corrected chi connectivity index (χ0v) is 15.0. The van der Waals surface area contributed by atoms with Crippen LogP contribution in [0.4, 0.5) is 0 Å². The van der Waals surface area contributed by atoms with Gasteiger partial charge in [0.05, 0.1) is 12.6 Å². The van der Waals surface area contributed by atoms with E-state index in [2.05, 4.69) is 18.2 Å². The Morgan fingerprint density at radius 3 is 2.07 bits per heavy atom. The first-order chi connectivity index (χ1) is 13.3. The number of aliphatic hydroxyl groups is 1. The summed E-state index contributed by atoms with van der Waals surface area (Å²) >= 11 is 0. The molecule has 0 bridgehead atoms. The lowest BCUT2D eigenvalue weighted by atomic mass is 10.0. The van der Waals surface area contributed by atoms with E-state index >= 15 is 0 Å². The van der Waals surface area contributed by atoms with Gasteiger partial charge in [0.1, 0.15) is 0 Å². The standard InChI is InChI=1S/C24H21NO2/c26-17-23(19-11-5-2-6-12-19)25-22(16-15-18-9-3-1-4-10-18)20-13-7-8-14-21(20)24(25)27/h1-14,16,23,26H,15,17H2. The number of hydrogen-bond donors (Lipinski definition) is 1. The molecule has 4 rings (SSSR count). The number of benzene rings is 3. The molecule has 1 unspecified atom stereocenters. The van der Waals surface area contributed by atoms with Crippen LogP contribution in [0.3, 0.4) is 0 Å². The summed E-state index contributed by atoms with van der Waals surface area (Å²) in [6, 6.07) is 27.1. The number of amides is 1. The van der Waals surface area contributed by atoms with E-state index in [0.717, 1.165) is 23.2 Å². The smallest absolute Gasteiger partial charge is 0.259 e. The van der Waals surface area contributed by atoms with Crippen LogP contribution in [0.2, 0.25) is 0 Å². The molecular formula is C24H21NO2. The number of rotatable bonds is 5. The maximum absolute atomic E-state index is 13.2. The van der Waals surface area contributed by atoms with Crippen molar-refractivity contribution in [2.75, 3.05) is 6.61 Å². The highest BCUT2D eigenvalue weighted by molar-refractivity contribution is 6.09. The van der Waals surface area contributed by atoms with Gasteiger partial charge < -0.3 is 5.11 Å².